The van der Waals surface area contributed by atoms with Crippen LogP contribution in [0.25, 0.3) is 0 Å². The first-order valence-electron chi connectivity index (χ1n) is 6.86. The summed E-state index contributed by atoms with van der Waals surface area (Å²) in [5.74, 6) is 0.927. The lowest BCUT2D eigenvalue weighted by Crippen LogP contribution is -2.51. The van der Waals surface area contributed by atoms with Gasteiger partial charge in [0.15, 0.2) is 0 Å². The molecule has 18 heavy (non-hydrogen) atoms. The van der Waals surface area contributed by atoms with Crippen LogP contribution in [0.5, 0.6) is 0 Å². The Kier molecular flexibility index (Phi) is 4.07. The molecule has 0 radical (unpaired) electrons. The van der Waals surface area contributed by atoms with Crippen LogP contribution in [0.3, 0.4) is 0 Å². The van der Waals surface area contributed by atoms with Gasteiger partial charge in [0, 0.05) is 24.7 Å². The maximum absolute atomic E-state index is 5.17. The number of hydrogen-bond acceptors (Lipinski definition) is 4. The number of nitrogens with one attached hydrogen (secondary N) is 2. The molecular formula is C14H25N3O. The molecule has 0 amide bonds. The Morgan fingerprint density at radius 2 is 2.22 bits per heavy atom. The van der Waals surface area contributed by atoms with E-state index in [1.54, 1.807) is 0 Å². The first-order valence-corrected chi connectivity index (χ1v) is 6.86. The number of rotatable bonds is 4. The lowest BCUT2D eigenvalue weighted by molar-refractivity contribution is 0.176. The van der Waals surface area contributed by atoms with Crippen LogP contribution in [0.2, 0.25) is 0 Å². The Hall–Kier alpha value is -0.870. The van der Waals surface area contributed by atoms with E-state index < -0.39 is 0 Å². The van der Waals surface area contributed by atoms with Gasteiger partial charge in [0.05, 0.1) is 5.69 Å². The Labute approximate surface area is 110 Å². The van der Waals surface area contributed by atoms with Gasteiger partial charge in [0.25, 0.3) is 0 Å². The van der Waals surface area contributed by atoms with Crippen LogP contribution in [0.4, 0.5) is 0 Å². The molecule has 1 aliphatic heterocycles. The van der Waals surface area contributed by atoms with E-state index in [0.29, 0.717) is 11.5 Å². The Bertz CT molecular complexity index is 378. The average molecular weight is 251 g/mol. The van der Waals surface area contributed by atoms with E-state index in [1.165, 1.54) is 18.4 Å². The summed E-state index contributed by atoms with van der Waals surface area (Å²) in [5.41, 5.74) is 2.57. The summed E-state index contributed by atoms with van der Waals surface area (Å²) in [6.07, 6.45) is 2.59. The van der Waals surface area contributed by atoms with Crippen LogP contribution < -0.4 is 10.6 Å². The molecule has 2 heterocycles. The van der Waals surface area contributed by atoms with E-state index >= 15 is 0 Å². The van der Waals surface area contributed by atoms with Crippen molar-refractivity contribution < 1.29 is 4.52 Å². The normalized spacial score (nSPS) is 23.2. The summed E-state index contributed by atoms with van der Waals surface area (Å²) in [6, 6.07) is 0.548. The van der Waals surface area contributed by atoms with E-state index in [2.05, 4.69) is 29.6 Å². The van der Waals surface area contributed by atoms with Gasteiger partial charge in [-0.15, -0.1) is 0 Å². The molecule has 2 N–H and O–H groups in total. The second-order valence-electron chi connectivity index (χ2n) is 6.03. The minimum Gasteiger partial charge on any atom is -0.361 e. The molecule has 1 atom stereocenters. The number of nitrogens with zero attached hydrogens (tertiary/aromatic N) is 1. The van der Waals surface area contributed by atoms with Gasteiger partial charge < -0.3 is 15.2 Å². The van der Waals surface area contributed by atoms with Gasteiger partial charge in [-0.25, -0.2) is 0 Å². The SMILES string of the molecule is Cc1noc(C)c1CNCC1NCCCC1(C)C. The molecule has 4 nitrogen and oxygen atoms in total. The third-order valence-electron chi connectivity index (χ3n) is 4.16. The number of piperidine rings is 1. The van der Waals surface area contributed by atoms with Gasteiger partial charge in [0.1, 0.15) is 5.76 Å². The van der Waals surface area contributed by atoms with Gasteiger partial charge in [-0.1, -0.05) is 19.0 Å². The van der Waals surface area contributed by atoms with Gasteiger partial charge >= 0.3 is 0 Å². The Morgan fingerprint density at radius 3 is 2.83 bits per heavy atom. The second-order valence-corrected chi connectivity index (χ2v) is 6.03. The van der Waals surface area contributed by atoms with E-state index in [-0.39, 0.29) is 0 Å². The molecule has 0 spiro atoms. The van der Waals surface area contributed by atoms with E-state index in [9.17, 15) is 0 Å². The molecule has 0 aliphatic carbocycles. The quantitative estimate of drug-likeness (QED) is 0.861. The fourth-order valence-electron chi connectivity index (χ4n) is 2.72. The zero-order valence-corrected chi connectivity index (χ0v) is 12.0. The average Bonchev–Trinajstić information content (AvgIpc) is 2.62. The highest BCUT2D eigenvalue weighted by molar-refractivity contribution is 5.20. The Morgan fingerprint density at radius 1 is 1.44 bits per heavy atom. The van der Waals surface area contributed by atoms with Crippen LogP contribution in [-0.4, -0.2) is 24.3 Å². The fourth-order valence-corrected chi connectivity index (χ4v) is 2.72. The predicted molar refractivity (Wildman–Crippen MR) is 72.5 cm³/mol. The summed E-state index contributed by atoms with van der Waals surface area (Å²) in [4.78, 5) is 0. The maximum atomic E-state index is 5.17. The van der Waals surface area contributed by atoms with Crippen molar-refractivity contribution in [3.8, 4) is 0 Å². The summed E-state index contributed by atoms with van der Waals surface area (Å²) >= 11 is 0. The second kappa shape index (κ2) is 5.41. The largest absolute Gasteiger partial charge is 0.361 e. The minimum absolute atomic E-state index is 0.379. The number of aryl methyl sites for hydroxylation is 2. The van der Waals surface area contributed by atoms with Crippen LogP contribution >= 0.6 is 0 Å². The smallest absolute Gasteiger partial charge is 0.138 e. The molecule has 4 heteroatoms. The van der Waals surface area contributed by atoms with E-state index in [4.69, 9.17) is 4.52 Å². The number of hydrogen-bond donors (Lipinski definition) is 2. The highest BCUT2D eigenvalue weighted by Crippen LogP contribution is 2.29. The summed E-state index contributed by atoms with van der Waals surface area (Å²) in [6.45, 7) is 11.6. The Balaban J connectivity index is 1.85. The van der Waals surface area contributed by atoms with E-state index in [0.717, 1.165) is 31.1 Å². The molecule has 1 aromatic rings. The van der Waals surface area contributed by atoms with Crippen LogP contribution in [0, 0.1) is 19.3 Å². The first kappa shape index (κ1) is 13.6. The maximum Gasteiger partial charge on any atom is 0.138 e. The lowest BCUT2D eigenvalue weighted by Gasteiger charge is -2.39. The molecule has 102 valence electrons. The summed E-state index contributed by atoms with van der Waals surface area (Å²) in [5, 5.41) is 11.1. The monoisotopic (exact) mass is 251 g/mol. The molecular weight excluding hydrogens is 226 g/mol. The molecule has 2 rings (SSSR count). The number of aromatic nitrogens is 1. The highest BCUT2D eigenvalue weighted by atomic mass is 16.5. The van der Waals surface area contributed by atoms with Gasteiger partial charge in [-0.05, 0) is 38.6 Å². The van der Waals surface area contributed by atoms with Crippen molar-refractivity contribution in [2.45, 2.75) is 53.1 Å². The molecule has 1 unspecified atom stereocenters. The minimum atomic E-state index is 0.379. The molecule has 0 bridgehead atoms. The van der Waals surface area contributed by atoms with Crippen molar-refractivity contribution in [1.82, 2.24) is 15.8 Å². The molecule has 1 aromatic heterocycles. The zero-order chi connectivity index (χ0) is 13.2. The molecule has 1 saturated heterocycles. The van der Waals surface area contributed by atoms with Crippen LogP contribution in [0.15, 0.2) is 4.52 Å². The standard InChI is InChI=1S/C14H25N3O/c1-10-12(11(2)18-17-10)8-15-9-13-14(3,4)6-5-7-16-13/h13,15-16H,5-9H2,1-4H3. The predicted octanol–water partition coefficient (Wildman–Crippen LogP) is 2.16. The van der Waals surface area contributed by atoms with Crippen molar-refractivity contribution >= 4 is 0 Å². The first-order chi connectivity index (χ1) is 8.50. The van der Waals surface area contributed by atoms with Crippen LogP contribution in [-0.2, 0) is 6.54 Å². The van der Waals surface area contributed by atoms with Crippen molar-refractivity contribution in [3.63, 3.8) is 0 Å². The topological polar surface area (TPSA) is 50.1 Å². The third-order valence-corrected chi connectivity index (χ3v) is 4.16. The fraction of sp³-hybridized carbons (Fsp3) is 0.786. The van der Waals surface area contributed by atoms with Crippen LogP contribution in [0.1, 0.15) is 43.7 Å². The summed E-state index contributed by atoms with van der Waals surface area (Å²) < 4.78 is 5.17. The zero-order valence-electron chi connectivity index (χ0n) is 12.0. The molecule has 1 aliphatic rings. The lowest BCUT2D eigenvalue weighted by atomic mass is 9.77. The van der Waals surface area contributed by atoms with Crippen molar-refractivity contribution in [3.05, 3.63) is 17.0 Å². The van der Waals surface area contributed by atoms with E-state index in [1.807, 2.05) is 13.8 Å². The highest BCUT2D eigenvalue weighted by Gasteiger charge is 2.31. The third kappa shape index (κ3) is 2.93. The van der Waals surface area contributed by atoms with Gasteiger partial charge in [-0.3, -0.25) is 0 Å². The molecule has 0 saturated carbocycles. The molecule has 1 fully saturated rings. The molecule has 0 aromatic carbocycles. The van der Waals surface area contributed by atoms with Gasteiger partial charge in [-0.2, -0.15) is 0 Å². The van der Waals surface area contributed by atoms with Gasteiger partial charge in [0.2, 0.25) is 0 Å². The summed E-state index contributed by atoms with van der Waals surface area (Å²) in [7, 11) is 0. The van der Waals surface area contributed by atoms with Crippen molar-refractivity contribution in [1.29, 1.82) is 0 Å². The van der Waals surface area contributed by atoms with Crippen molar-refractivity contribution in [2.75, 3.05) is 13.1 Å². The van der Waals surface area contributed by atoms with Crippen molar-refractivity contribution in [2.24, 2.45) is 5.41 Å².